The van der Waals surface area contributed by atoms with Gasteiger partial charge in [0.15, 0.2) is 0 Å². The Morgan fingerprint density at radius 3 is 2.52 bits per heavy atom. The van der Waals surface area contributed by atoms with Crippen LogP contribution >= 0.6 is 11.6 Å². The maximum absolute atomic E-state index is 12.4. The van der Waals surface area contributed by atoms with Gasteiger partial charge < -0.3 is 9.30 Å². The molecule has 0 spiro atoms. The number of aromatic nitrogens is 2. The van der Waals surface area contributed by atoms with Crippen LogP contribution in [0.15, 0.2) is 55.2 Å². The minimum Gasteiger partial charge on any atom is -0.489 e. The average molecular weight is 439 g/mol. The van der Waals surface area contributed by atoms with Crippen molar-refractivity contribution in [1.29, 1.82) is 0 Å². The van der Waals surface area contributed by atoms with Crippen molar-refractivity contribution >= 4 is 23.1 Å². The molecule has 6 nitrogen and oxygen atoms in total. The second-order valence-electron chi connectivity index (χ2n) is 7.66. The van der Waals surface area contributed by atoms with Crippen molar-refractivity contribution in [2.24, 2.45) is 7.05 Å². The Morgan fingerprint density at radius 1 is 1.23 bits per heavy atom. The Morgan fingerprint density at radius 2 is 1.94 bits per heavy atom. The van der Waals surface area contributed by atoms with E-state index in [-0.39, 0.29) is 12.0 Å². The summed E-state index contributed by atoms with van der Waals surface area (Å²) < 4.78 is 7.56. The minimum atomic E-state index is -0.268. The summed E-state index contributed by atoms with van der Waals surface area (Å²) in [7, 11) is 1.96. The summed E-state index contributed by atoms with van der Waals surface area (Å²) >= 11 is 6.20. The van der Waals surface area contributed by atoms with Crippen molar-refractivity contribution < 1.29 is 9.53 Å². The molecule has 3 rings (SSSR count). The van der Waals surface area contributed by atoms with Gasteiger partial charge in [-0.3, -0.25) is 10.2 Å². The van der Waals surface area contributed by atoms with Crippen molar-refractivity contribution in [3.05, 3.63) is 77.2 Å². The number of allylic oxidation sites excluding steroid dienone is 1. The molecule has 31 heavy (non-hydrogen) atoms. The lowest BCUT2D eigenvalue weighted by atomic mass is 10.1. The maximum Gasteiger partial charge on any atom is 0.265 e. The molecular weight excluding hydrogens is 412 g/mol. The summed E-state index contributed by atoms with van der Waals surface area (Å²) in [4.78, 5) is 17.0. The van der Waals surface area contributed by atoms with Gasteiger partial charge in [-0.2, -0.15) is 0 Å². The lowest BCUT2D eigenvalue weighted by Crippen LogP contribution is -2.36. The van der Waals surface area contributed by atoms with E-state index in [1.54, 1.807) is 18.2 Å². The van der Waals surface area contributed by atoms with Crippen LogP contribution in [0.25, 0.3) is 16.8 Å². The Labute approximate surface area is 187 Å². The number of halogens is 1. The van der Waals surface area contributed by atoms with E-state index < -0.39 is 0 Å². The molecule has 0 aliphatic carbocycles. The van der Waals surface area contributed by atoms with E-state index >= 15 is 0 Å². The topological polar surface area (TPSA) is 68.2 Å². The number of nitrogens with one attached hydrogen (secondary N) is 2. The van der Waals surface area contributed by atoms with E-state index in [4.69, 9.17) is 16.3 Å². The zero-order valence-corrected chi connectivity index (χ0v) is 19.0. The molecule has 0 saturated heterocycles. The second-order valence-corrected chi connectivity index (χ2v) is 8.06. The largest absolute Gasteiger partial charge is 0.489 e. The fourth-order valence-electron chi connectivity index (χ4n) is 3.09. The van der Waals surface area contributed by atoms with Crippen LogP contribution in [-0.4, -0.2) is 21.6 Å². The van der Waals surface area contributed by atoms with Crippen molar-refractivity contribution in [3.63, 3.8) is 0 Å². The molecule has 1 heterocycles. The third-order valence-corrected chi connectivity index (χ3v) is 4.85. The first-order valence-electron chi connectivity index (χ1n) is 10.0. The molecule has 0 aliphatic rings. The van der Waals surface area contributed by atoms with Gasteiger partial charge in [-0.15, -0.1) is 0 Å². The SMILES string of the molecule is C=C(C)c1nc(-c2ccc(CNNC(=O)c3ccc(OC(C)C)c(Cl)c3)cc2)cn1C. The fourth-order valence-corrected chi connectivity index (χ4v) is 3.31. The van der Waals surface area contributed by atoms with Gasteiger partial charge in [-0.05, 0) is 50.1 Å². The Bertz CT molecular complexity index is 1090. The molecule has 2 aromatic carbocycles. The zero-order chi connectivity index (χ0) is 22.5. The summed E-state index contributed by atoms with van der Waals surface area (Å²) in [6.07, 6.45) is 2.00. The van der Waals surface area contributed by atoms with E-state index in [0.29, 0.717) is 22.9 Å². The van der Waals surface area contributed by atoms with Crippen LogP contribution in [0.4, 0.5) is 0 Å². The summed E-state index contributed by atoms with van der Waals surface area (Å²) in [6, 6.07) is 13.0. The van der Waals surface area contributed by atoms with Gasteiger partial charge in [0.25, 0.3) is 5.91 Å². The molecule has 0 saturated carbocycles. The number of carbonyl (C=O) groups excluding carboxylic acids is 1. The number of imidazole rings is 1. The van der Waals surface area contributed by atoms with Crippen LogP contribution in [0.3, 0.4) is 0 Å². The van der Waals surface area contributed by atoms with E-state index in [0.717, 1.165) is 28.2 Å². The monoisotopic (exact) mass is 438 g/mol. The maximum atomic E-state index is 12.4. The average Bonchev–Trinajstić information content (AvgIpc) is 3.11. The number of nitrogens with zero attached hydrogens (tertiary/aromatic N) is 2. The number of carbonyl (C=O) groups is 1. The van der Waals surface area contributed by atoms with Crippen LogP contribution in [0.5, 0.6) is 5.75 Å². The van der Waals surface area contributed by atoms with Gasteiger partial charge >= 0.3 is 0 Å². The molecule has 0 atom stereocenters. The van der Waals surface area contributed by atoms with Crippen molar-refractivity contribution in [3.8, 4) is 17.0 Å². The summed E-state index contributed by atoms with van der Waals surface area (Å²) in [5, 5.41) is 0.404. The molecule has 1 aromatic heterocycles. The normalized spacial score (nSPS) is 10.9. The number of benzene rings is 2. The predicted octanol–water partition coefficient (Wildman–Crippen LogP) is 5.00. The van der Waals surface area contributed by atoms with Crippen LogP contribution < -0.4 is 15.6 Å². The van der Waals surface area contributed by atoms with Crippen molar-refractivity contribution in [2.75, 3.05) is 0 Å². The number of amides is 1. The van der Waals surface area contributed by atoms with Crippen LogP contribution in [0.2, 0.25) is 5.02 Å². The second kappa shape index (κ2) is 9.81. The quantitative estimate of drug-likeness (QED) is 0.486. The molecule has 1 amide bonds. The van der Waals surface area contributed by atoms with E-state index in [9.17, 15) is 4.79 Å². The molecule has 0 fully saturated rings. The van der Waals surface area contributed by atoms with Crippen LogP contribution in [-0.2, 0) is 13.6 Å². The molecule has 0 radical (unpaired) electrons. The lowest BCUT2D eigenvalue weighted by molar-refractivity contribution is 0.0932. The Hall–Kier alpha value is -3.09. The summed E-state index contributed by atoms with van der Waals surface area (Å²) in [5.74, 6) is 1.16. The zero-order valence-electron chi connectivity index (χ0n) is 18.2. The molecular formula is C24H27ClN4O2. The molecule has 7 heteroatoms. The van der Waals surface area contributed by atoms with Gasteiger partial charge in [-0.25, -0.2) is 10.4 Å². The van der Waals surface area contributed by atoms with Gasteiger partial charge in [-0.1, -0.05) is 42.4 Å². The predicted molar refractivity (Wildman–Crippen MR) is 125 cm³/mol. The van der Waals surface area contributed by atoms with Crippen LogP contribution in [0, 0.1) is 0 Å². The smallest absolute Gasteiger partial charge is 0.265 e. The molecule has 0 bridgehead atoms. The number of hydrogen-bond acceptors (Lipinski definition) is 4. The molecule has 0 unspecified atom stereocenters. The highest BCUT2D eigenvalue weighted by molar-refractivity contribution is 6.32. The molecule has 0 aliphatic heterocycles. The third kappa shape index (κ3) is 5.75. The number of aryl methyl sites for hydroxylation is 1. The lowest BCUT2D eigenvalue weighted by Gasteiger charge is -2.12. The fraction of sp³-hybridized carbons (Fsp3) is 0.250. The molecule has 162 valence electrons. The number of hydrogen-bond donors (Lipinski definition) is 2. The Balaban J connectivity index is 1.56. The van der Waals surface area contributed by atoms with Gasteiger partial charge in [0.05, 0.1) is 16.8 Å². The van der Waals surface area contributed by atoms with E-state index in [2.05, 4.69) is 22.4 Å². The van der Waals surface area contributed by atoms with Crippen LogP contribution in [0.1, 0.15) is 42.5 Å². The van der Waals surface area contributed by atoms with Gasteiger partial charge in [0.2, 0.25) is 0 Å². The van der Waals surface area contributed by atoms with Gasteiger partial charge in [0.1, 0.15) is 11.6 Å². The first-order valence-corrected chi connectivity index (χ1v) is 10.4. The first kappa shape index (κ1) is 22.6. The first-order chi connectivity index (χ1) is 14.7. The number of ether oxygens (including phenoxy) is 1. The van der Waals surface area contributed by atoms with E-state index in [1.165, 1.54) is 0 Å². The molecule has 2 N–H and O–H groups in total. The van der Waals surface area contributed by atoms with Crippen molar-refractivity contribution in [1.82, 2.24) is 20.4 Å². The number of rotatable bonds is 8. The minimum absolute atomic E-state index is 0.0102. The highest BCUT2D eigenvalue weighted by atomic mass is 35.5. The highest BCUT2D eigenvalue weighted by Crippen LogP contribution is 2.26. The highest BCUT2D eigenvalue weighted by Gasteiger charge is 2.11. The summed E-state index contributed by atoms with van der Waals surface area (Å²) in [6.45, 7) is 10.2. The third-order valence-electron chi connectivity index (χ3n) is 4.56. The Kier molecular flexibility index (Phi) is 7.15. The standard InChI is InChI=1S/C24H27ClN4O2/c1-15(2)23-27-21(14-29(23)5)18-8-6-17(7-9-18)13-26-28-24(30)19-10-11-22(20(25)12-19)31-16(3)4/h6-12,14,16,26H,1,13H2,2-5H3,(H,28,30). The van der Waals surface area contributed by atoms with E-state index in [1.807, 2.05) is 62.8 Å². The number of hydrazine groups is 1. The van der Waals surface area contributed by atoms with Gasteiger partial charge in [0, 0.05) is 30.9 Å². The molecule has 3 aromatic rings. The van der Waals surface area contributed by atoms with Crippen molar-refractivity contribution in [2.45, 2.75) is 33.4 Å². The summed E-state index contributed by atoms with van der Waals surface area (Å²) in [5.41, 5.74) is 9.96.